The largest absolute Gasteiger partial charge is 0.490 e. The van der Waals surface area contributed by atoms with Crippen molar-refractivity contribution in [1.29, 1.82) is 0 Å². The Labute approximate surface area is 171 Å². The number of rotatable bonds is 3. The van der Waals surface area contributed by atoms with Gasteiger partial charge in [0.05, 0.1) is 24.0 Å². The second-order valence-electron chi connectivity index (χ2n) is 6.29. The van der Waals surface area contributed by atoms with Gasteiger partial charge in [-0.2, -0.15) is 18.3 Å². The number of hydrogen-bond donors (Lipinski definition) is 2. The molecule has 1 aliphatic heterocycles. The first-order chi connectivity index (χ1) is 14.1. The SMILES string of the molecule is Cn1cc(N2C(=O)CC(Nc3csc4ccccc34)C2=O)cn1.O=C(O)C(F)(F)F. The highest BCUT2D eigenvalue weighted by Gasteiger charge is 2.40. The van der Waals surface area contributed by atoms with Crippen LogP contribution in [0.25, 0.3) is 10.1 Å². The molecule has 3 heterocycles. The first-order valence-electron chi connectivity index (χ1n) is 8.46. The molecule has 3 aromatic rings. The highest BCUT2D eigenvalue weighted by atomic mass is 32.1. The summed E-state index contributed by atoms with van der Waals surface area (Å²) in [4.78, 5) is 34.9. The predicted octanol–water partition coefficient (Wildman–Crippen LogP) is 3.01. The fourth-order valence-electron chi connectivity index (χ4n) is 2.82. The molecule has 0 aliphatic carbocycles. The van der Waals surface area contributed by atoms with Crippen molar-refractivity contribution >= 4 is 50.6 Å². The first-order valence-corrected chi connectivity index (χ1v) is 9.34. The molecule has 1 saturated heterocycles. The predicted molar refractivity (Wildman–Crippen MR) is 103 cm³/mol. The number of imide groups is 1. The molecule has 0 saturated carbocycles. The minimum Gasteiger partial charge on any atom is -0.475 e. The maximum Gasteiger partial charge on any atom is 0.490 e. The zero-order chi connectivity index (χ0) is 22.1. The van der Waals surface area contributed by atoms with Crippen LogP contribution in [0, 0.1) is 0 Å². The summed E-state index contributed by atoms with van der Waals surface area (Å²) in [6.45, 7) is 0. The Hall–Kier alpha value is -3.41. The Kier molecular flexibility index (Phi) is 5.78. The summed E-state index contributed by atoms with van der Waals surface area (Å²) in [6, 6.07) is 7.45. The fraction of sp³-hybridized carbons (Fsp3) is 0.222. The summed E-state index contributed by atoms with van der Waals surface area (Å²) in [5, 5.41) is 17.4. The summed E-state index contributed by atoms with van der Waals surface area (Å²) >= 11 is 1.61. The van der Waals surface area contributed by atoms with Gasteiger partial charge in [-0.25, -0.2) is 9.69 Å². The van der Waals surface area contributed by atoms with Crippen molar-refractivity contribution in [2.45, 2.75) is 18.6 Å². The Morgan fingerprint density at radius 1 is 1.30 bits per heavy atom. The van der Waals surface area contributed by atoms with Crippen LogP contribution in [0.2, 0.25) is 0 Å². The molecule has 1 unspecified atom stereocenters. The Balaban J connectivity index is 0.000000318. The molecule has 1 atom stereocenters. The van der Waals surface area contributed by atoms with Crippen LogP contribution in [0.15, 0.2) is 42.0 Å². The number of hydrogen-bond acceptors (Lipinski definition) is 6. The Bertz CT molecular complexity index is 1110. The number of anilines is 2. The average molecular weight is 440 g/mol. The molecule has 0 bridgehead atoms. The van der Waals surface area contributed by atoms with Crippen LogP contribution in [-0.2, 0) is 21.4 Å². The molecule has 12 heteroatoms. The van der Waals surface area contributed by atoms with E-state index in [-0.39, 0.29) is 18.2 Å². The fourth-order valence-corrected chi connectivity index (χ4v) is 3.72. The minimum atomic E-state index is -5.08. The lowest BCUT2D eigenvalue weighted by atomic mass is 10.2. The maximum absolute atomic E-state index is 12.6. The van der Waals surface area contributed by atoms with Crippen molar-refractivity contribution in [3.8, 4) is 0 Å². The van der Waals surface area contributed by atoms with Gasteiger partial charge in [-0.3, -0.25) is 14.3 Å². The number of alkyl halides is 3. The van der Waals surface area contributed by atoms with E-state index in [4.69, 9.17) is 9.90 Å². The summed E-state index contributed by atoms with van der Waals surface area (Å²) in [5.41, 5.74) is 1.41. The highest BCUT2D eigenvalue weighted by molar-refractivity contribution is 7.17. The molecular formula is C18H15F3N4O4S. The molecule has 2 N–H and O–H groups in total. The number of carbonyl (C=O) groups excluding carboxylic acids is 2. The molecule has 2 aromatic heterocycles. The topological polar surface area (TPSA) is 105 Å². The van der Waals surface area contributed by atoms with Crippen LogP contribution in [0.5, 0.6) is 0 Å². The third-order valence-electron chi connectivity index (χ3n) is 4.15. The van der Waals surface area contributed by atoms with Gasteiger partial charge in [0.25, 0.3) is 5.91 Å². The molecule has 1 fully saturated rings. The Morgan fingerprint density at radius 2 is 1.97 bits per heavy atom. The zero-order valence-electron chi connectivity index (χ0n) is 15.4. The summed E-state index contributed by atoms with van der Waals surface area (Å²) in [7, 11) is 1.75. The lowest BCUT2D eigenvalue weighted by Gasteiger charge is -2.13. The molecule has 0 radical (unpaired) electrons. The van der Waals surface area contributed by atoms with Gasteiger partial charge in [-0.05, 0) is 6.07 Å². The van der Waals surface area contributed by atoms with Crippen molar-refractivity contribution in [3.63, 3.8) is 0 Å². The van der Waals surface area contributed by atoms with Crippen molar-refractivity contribution in [1.82, 2.24) is 9.78 Å². The molecular weight excluding hydrogens is 425 g/mol. The van der Waals surface area contributed by atoms with Gasteiger partial charge in [0.1, 0.15) is 6.04 Å². The van der Waals surface area contributed by atoms with E-state index in [1.54, 1.807) is 29.3 Å². The monoisotopic (exact) mass is 440 g/mol. The van der Waals surface area contributed by atoms with E-state index in [1.807, 2.05) is 29.6 Å². The average Bonchev–Trinajstić information content (AvgIpc) is 3.34. The van der Waals surface area contributed by atoms with Crippen LogP contribution in [0.4, 0.5) is 24.5 Å². The molecule has 2 amide bonds. The first kappa shape index (κ1) is 21.3. The van der Waals surface area contributed by atoms with Crippen LogP contribution in [0.3, 0.4) is 0 Å². The standard InChI is InChI=1S/C16H14N4O2S.C2HF3O2/c1-19-8-10(7-17-19)20-15(21)6-12(16(20)22)18-13-9-23-14-5-3-2-4-11(13)14;3-2(4,5)1(6)7/h2-5,7-9,12,18H,6H2,1H3;(H,6,7). The normalized spacial score (nSPS) is 16.5. The van der Waals surface area contributed by atoms with E-state index in [2.05, 4.69) is 10.4 Å². The van der Waals surface area contributed by atoms with Gasteiger partial charge >= 0.3 is 12.1 Å². The van der Waals surface area contributed by atoms with Crippen molar-refractivity contribution in [2.24, 2.45) is 7.05 Å². The van der Waals surface area contributed by atoms with Gasteiger partial charge in [0.15, 0.2) is 0 Å². The Morgan fingerprint density at radius 3 is 2.57 bits per heavy atom. The van der Waals surface area contributed by atoms with E-state index in [9.17, 15) is 22.8 Å². The van der Waals surface area contributed by atoms with Gasteiger partial charge in [-0.15, -0.1) is 11.3 Å². The number of aryl methyl sites for hydroxylation is 1. The molecule has 30 heavy (non-hydrogen) atoms. The number of carboxylic acid groups (broad SMARTS) is 1. The quantitative estimate of drug-likeness (QED) is 0.607. The number of nitrogens with one attached hydrogen (secondary N) is 1. The number of nitrogens with zero attached hydrogens (tertiary/aromatic N) is 3. The van der Waals surface area contributed by atoms with E-state index >= 15 is 0 Å². The number of aromatic nitrogens is 2. The van der Waals surface area contributed by atoms with E-state index < -0.39 is 18.2 Å². The number of amides is 2. The molecule has 0 spiro atoms. The number of carboxylic acids is 1. The van der Waals surface area contributed by atoms with Crippen LogP contribution < -0.4 is 10.2 Å². The van der Waals surface area contributed by atoms with E-state index in [0.717, 1.165) is 15.8 Å². The molecule has 1 aliphatic rings. The van der Waals surface area contributed by atoms with E-state index in [1.165, 1.54) is 11.1 Å². The van der Waals surface area contributed by atoms with Gasteiger partial charge in [0, 0.05) is 28.7 Å². The number of carbonyl (C=O) groups is 3. The van der Waals surface area contributed by atoms with Crippen molar-refractivity contribution in [3.05, 3.63) is 42.0 Å². The highest BCUT2D eigenvalue weighted by Crippen LogP contribution is 2.32. The third-order valence-corrected chi connectivity index (χ3v) is 5.11. The van der Waals surface area contributed by atoms with Crippen molar-refractivity contribution < 1.29 is 32.7 Å². The second kappa shape index (κ2) is 8.14. The number of aliphatic carboxylic acids is 1. The van der Waals surface area contributed by atoms with E-state index in [0.29, 0.717) is 5.69 Å². The summed E-state index contributed by atoms with van der Waals surface area (Å²) in [6.07, 6.45) is -1.74. The summed E-state index contributed by atoms with van der Waals surface area (Å²) in [5.74, 6) is -3.20. The smallest absolute Gasteiger partial charge is 0.475 e. The van der Waals surface area contributed by atoms with Gasteiger partial charge < -0.3 is 10.4 Å². The molecule has 8 nitrogen and oxygen atoms in total. The maximum atomic E-state index is 12.6. The van der Waals surface area contributed by atoms with Gasteiger partial charge in [0.2, 0.25) is 5.91 Å². The number of fused-ring (bicyclic) bond motifs is 1. The second-order valence-corrected chi connectivity index (χ2v) is 7.20. The lowest BCUT2D eigenvalue weighted by Crippen LogP contribution is -2.34. The lowest BCUT2D eigenvalue weighted by molar-refractivity contribution is -0.192. The van der Waals surface area contributed by atoms with Crippen LogP contribution in [-0.4, -0.2) is 44.9 Å². The summed E-state index contributed by atoms with van der Waals surface area (Å²) < 4.78 is 34.5. The number of halogens is 3. The van der Waals surface area contributed by atoms with Crippen LogP contribution >= 0.6 is 11.3 Å². The van der Waals surface area contributed by atoms with Gasteiger partial charge in [-0.1, -0.05) is 18.2 Å². The van der Waals surface area contributed by atoms with Crippen LogP contribution in [0.1, 0.15) is 6.42 Å². The molecule has 158 valence electrons. The number of benzene rings is 1. The molecule has 1 aromatic carbocycles. The third kappa shape index (κ3) is 4.43. The minimum absolute atomic E-state index is 0.151. The molecule has 4 rings (SSSR count). The number of thiophene rings is 1. The van der Waals surface area contributed by atoms with Crippen molar-refractivity contribution in [2.75, 3.05) is 10.2 Å². The zero-order valence-corrected chi connectivity index (χ0v) is 16.2.